The van der Waals surface area contributed by atoms with E-state index < -0.39 is 17.9 Å². The number of amides is 2. The molecule has 1 N–H and O–H groups in total. The van der Waals surface area contributed by atoms with Gasteiger partial charge >= 0.3 is 0 Å². The largest absolute Gasteiger partial charge is 0.489 e. The van der Waals surface area contributed by atoms with Crippen molar-refractivity contribution in [1.29, 1.82) is 0 Å². The standard InChI is InChI=1S/C20H16N2O4/c23-14(11-22-19(24)16-6-2-3-7-17(16)20(22)25)12-26-15-9-13-5-1-4-8-18(13)21-10-15/h1-10,14,23H,11-12H2/t14-/m0/s1. The Bertz CT molecular complexity index is 967. The number of para-hydroxylation sites is 1. The van der Waals surface area contributed by atoms with Gasteiger partial charge in [0, 0.05) is 5.39 Å². The smallest absolute Gasteiger partial charge is 0.261 e. The third-order valence-corrected chi connectivity index (χ3v) is 4.28. The molecule has 1 aliphatic rings. The topological polar surface area (TPSA) is 79.7 Å². The molecular weight excluding hydrogens is 332 g/mol. The molecule has 6 heteroatoms. The predicted octanol–water partition coefficient (Wildman–Crippen LogP) is 2.27. The number of imide groups is 1. The Morgan fingerprint density at radius 2 is 1.65 bits per heavy atom. The normalized spacial score (nSPS) is 14.6. The Morgan fingerprint density at radius 3 is 2.38 bits per heavy atom. The lowest BCUT2D eigenvalue weighted by Crippen LogP contribution is -2.39. The quantitative estimate of drug-likeness (QED) is 0.716. The van der Waals surface area contributed by atoms with Crippen LogP contribution in [0.3, 0.4) is 0 Å². The molecule has 130 valence electrons. The fraction of sp³-hybridized carbons (Fsp3) is 0.150. The van der Waals surface area contributed by atoms with E-state index in [0.29, 0.717) is 16.9 Å². The SMILES string of the molecule is O=C1c2ccccc2C(=O)N1C[C@H](O)COc1cnc2ccccc2c1. The lowest BCUT2D eigenvalue weighted by Gasteiger charge is -2.18. The first-order valence-corrected chi connectivity index (χ1v) is 8.24. The van der Waals surface area contributed by atoms with Crippen LogP contribution in [0.4, 0.5) is 0 Å². The van der Waals surface area contributed by atoms with Crippen molar-refractivity contribution in [3.8, 4) is 5.75 Å². The van der Waals surface area contributed by atoms with Crippen molar-refractivity contribution in [3.05, 3.63) is 71.9 Å². The van der Waals surface area contributed by atoms with E-state index in [0.717, 1.165) is 15.8 Å². The van der Waals surface area contributed by atoms with Crippen molar-refractivity contribution in [2.24, 2.45) is 0 Å². The summed E-state index contributed by atoms with van der Waals surface area (Å²) in [4.78, 5) is 30.0. The predicted molar refractivity (Wildman–Crippen MR) is 95.1 cm³/mol. The van der Waals surface area contributed by atoms with E-state index >= 15 is 0 Å². The van der Waals surface area contributed by atoms with Gasteiger partial charge in [-0.15, -0.1) is 0 Å². The van der Waals surface area contributed by atoms with Crippen LogP contribution in [0.5, 0.6) is 5.75 Å². The maximum absolute atomic E-state index is 12.3. The summed E-state index contributed by atoms with van der Waals surface area (Å²) in [6, 6.07) is 16.1. The third kappa shape index (κ3) is 2.91. The van der Waals surface area contributed by atoms with Crippen LogP contribution in [0.15, 0.2) is 60.8 Å². The molecule has 1 atom stereocenters. The van der Waals surface area contributed by atoms with Crippen LogP contribution in [0, 0.1) is 0 Å². The van der Waals surface area contributed by atoms with Crippen molar-refractivity contribution in [3.63, 3.8) is 0 Å². The van der Waals surface area contributed by atoms with E-state index in [2.05, 4.69) is 4.98 Å². The molecule has 6 nitrogen and oxygen atoms in total. The average Bonchev–Trinajstić information content (AvgIpc) is 2.91. The Kier molecular flexibility index (Phi) is 4.10. The maximum atomic E-state index is 12.3. The molecule has 3 aromatic rings. The molecule has 0 aliphatic carbocycles. The van der Waals surface area contributed by atoms with Crippen LogP contribution < -0.4 is 4.74 Å². The molecule has 0 fully saturated rings. The maximum Gasteiger partial charge on any atom is 0.261 e. The number of pyridine rings is 1. The minimum Gasteiger partial charge on any atom is -0.489 e. The second kappa shape index (κ2) is 6.57. The van der Waals surface area contributed by atoms with Gasteiger partial charge in [0.05, 0.1) is 29.4 Å². The number of aliphatic hydroxyl groups is 1. The van der Waals surface area contributed by atoms with Crippen molar-refractivity contribution >= 4 is 22.7 Å². The van der Waals surface area contributed by atoms with Crippen LogP contribution in [0.1, 0.15) is 20.7 Å². The van der Waals surface area contributed by atoms with Gasteiger partial charge in [0.25, 0.3) is 11.8 Å². The van der Waals surface area contributed by atoms with Crippen LogP contribution in [0.25, 0.3) is 10.9 Å². The molecular formula is C20H16N2O4. The number of fused-ring (bicyclic) bond motifs is 2. The second-order valence-electron chi connectivity index (χ2n) is 6.10. The zero-order valence-electron chi connectivity index (χ0n) is 13.8. The van der Waals surface area contributed by atoms with Crippen molar-refractivity contribution in [1.82, 2.24) is 9.88 Å². The molecule has 0 unspecified atom stereocenters. The molecule has 2 amide bonds. The molecule has 0 radical (unpaired) electrons. The van der Waals surface area contributed by atoms with Crippen LogP contribution in [-0.4, -0.2) is 46.1 Å². The van der Waals surface area contributed by atoms with Crippen molar-refractivity contribution < 1.29 is 19.4 Å². The van der Waals surface area contributed by atoms with Gasteiger partial charge in [-0.2, -0.15) is 0 Å². The number of hydrogen-bond acceptors (Lipinski definition) is 5. The summed E-state index contributed by atoms with van der Waals surface area (Å²) >= 11 is 0. The molecule has 0 bridgehead atoms. The minimum absolute atomic E-state index is 0.0482. The van der Waals surface area contributed by atoms with Crippen molar-refractivity contribution in [2.75, 3.05) is 13.2 Å². The van der Waals surface area contributed by atoms with E-state index in [1.807, 2.05) is 30.3 Å². The van der Waals surface area contributed by atoms with Crippen LogP contribution >= 0.6 is 0 Å². The van der Waals surface area contributed by atoms with Gasteiger partial charge in [0.2, 0.25) is 0 Å². The number of carbonyl (C=O) groups excluding carboxylic acids is 2. The zero-order chi connectivity index (χ0) is 18.1. The van der Waals surface area contributed by atoms with E-state index in [-0.39, 0.29) is 13.2 Å². The number of hydrogen-bond donors (Lipinski definition) is 1. The van der Waals surface area contributed by atoms with E-state index in [1.54, 1.807) is 30.5 Å². The Labute approximate surface area is 149 Å². The highest BCUT2D eigenvalue weighted by atomic mass is 16.5. The molecule has 1 aliphatic heterocycles. The highest BCUT2D eigenvalue weighted by Gasteiger charge is 2.36. The summed E-state index contributed by atoms with van der Waals surface area (Å²) in [5.41, 5.74) is 1.58. The minimum atomic E-state index is -0.997. The molecule has 2 heterocycles. The number of nitrogens with zero attached hydrogens (tertiary/aromatic N) is 2. The Balaban J connectivity index is 1.40. The summed E-state index contributed by atoms with van der Waals surface area (Å²) in [6.07, 6.45) is 0.584. The molecule has 0 saturated heterocycles. The highest BCUT2D eigenvalue weighted by molar-refractivity contribution is 6.21. The molecule has 26 heavy (non-hydrogen) atoms. The van der Waals surface area contributed by atoms with E-state index in [1.165, 1.54) is 0 Å². The number of benzene rings is 2. The lowest BCUT2D eigenvalue weighted by molar-refractivity contribution is 0.0456. The molecule has 2 aromatic carbocycles. The monoisotopic (exact) mass is 348 g/mol. The highest BCUT2D eigenvalue weighted by Crippen LogP contribution is 2.23. The van der Waals surface area contributed by atoms with Gasteiger partial charge in [-0.1, -0.05) is 30.3 Å². The van der Waals surface area contributed by atoms with Gasteiger partial charge in [-0.3, -0.25) is 19.5 Å². The molecule has 1 aromatic heterocycles. The number of carbonyl (C=O) groups is 2. The van der Waals surface area contributed by atoms with Gasteiger partial charge in [0.15, 0.2) is 0 Å². The van der Waals surface area contributed by atoms with E-state index in [4.69, 9.17) is 4.74 Å². The fourth-order valence-electron chi connectivity index (χ4n) is 2.99. The summed E-state index contributed by atoms with van der Waals surface area (Å²) in [5.74, 6) is -0.265. The Hall–Kier alpha value is -3.25. The fourth-order valence-corrected chi connectivity index (χ4v) is 2.99. The van der Waals surface area contributed by atoms with Crippen molar-refractivity contribution in [2.45, 2.75) is 6.10 Å². The summed E-state index contributed by atoms with van der Waals surface area (Å²) in [7, 11) is 0. The summed E-state index contributed by atoms with van der Waals surface area (Å²) in [6.45, 7) is -0.166. The number of β-amino-alcohol motifs (C(OH)–C–C–N with tert-alkyl or cyclic N) is 1. The van der Waals surface area contributed by atoms with Gasteiger partial charge in [-0.25, -0.2) is 0 Å². The number of rotatable bonds is 5. The number of aliphatic hydroxyl groups excluding tert-OH is 1. The Morgan fingerprint density at radius 1 is 1.00 bits per heavy atom. The molecule has 0 saturated carbocycles. The lowest BCUT2D eigenvalue weighted by atomic mass is 10.1. The third-order valence-electron chi connectivity index (χ3n) is 4.28. The molecule has 0 spiro atoms. The second-order valence-corrected chi connectivity index (χ2v) is 6.10. The van der Waals surface area contributed by atoms with Gasteiger partial charge in [0.1, 0.15) is 18.5 Å². The number of aromatic nitrogens is 1. The first-order chi connectivity index (χ1) is 12.6. The van der Waals surface area contributed by atoms with Gasteiger partial charge in [-0.05, 0) is 24.3 Å². The van der Waals surface area contributed by atoms with Crippen LogP contribution in [-0.2, 0) is 0 Å². The van der Waals surface area contributed by atoms with E-state index in [9.17, 15) is 14.7 Å². The first kappa shape index (κ1) is 16.2. The van der Waals surface area contributed by atoms with Gasteiger partial charge < -0.3 is 9.84 Å². The van der Waals surface area contributed by atoms with Crippen LogP contribution in [0.2, 0.25) is 0 Å². The molecule has 4 rings (SSSR count). The first-order valence-electron chi connectivity index (χ1n) is 8.24. The number of ether oxygens (including phenoxy) is 1. The summed E-state index contributed by atoms with van der Waals surface area (Å²) in [5, 5.41) is 11.1. The zero-order valence-corrected chi connectivity index (χ0v) is 13.8. The summed E-state index contributed by atoms with van der Waals surface area (Å²) < 4.78 is 5.57. The average molecular weight is 348 g/mol.